The second-order valence-corrected chi connectivity index (χ2v) is 7.11. The highest BCUT2D eigenvalue weighted by Crippen LogP contribution is 2.35. The lowest BCUT2D eigenvalue weighted by Gasteiger charge is -2.25. The summed E-state index contributed by atoms with van der Waals surface area (Å²) in [6.45, 7) is 10.2. The first kappa shape index (κ1) is 16.5. The third-order valence-electron chi connectivity index (χ3n) is 4.66. The SMILES string of the molecule is CC(C)CNCCc1ccccc1CN(C)C(C)C1CC1. The van der Waals surface area contributed by atoms with Gasteiger partial charge in [0.25, 0.3) is 0 Å². The standard InChI is InChI=1S/C19H32N2/c1-15(2)13-20-12-11-18-7-5-6-8-19(18)14-21(4)16(3)17-9-10-17/h5-8,15-17,20H,9-14H2,1-4H3. The zero-order chi connectivity index (χ0) is 15.2. The van der Waals surface area contributed by atoms with Crippen molar-refractivity contribution in [1.82, 2.24) is 10.2 Å². The summed E-state index contributed by atoms with van der Waals surface area (Å²) in [7, 11) is 2.27. The molecule has 0 amide bonds. The molecule has 0 radical (unpaired) electrons. The first-order chi connectivity index (χ1) is 10.1. The van der Waals surface area contributed by atoms with Gasteiger partial charge < -0.3 is 5.32 Å². The van der Waals surface area contributed by atoms with E-state index in [2.05, 4.69) is 62.3 Å². The molecule has 1 unspecified atom stereocenters. The smallest absolute Gasteiger partial charge is 0.0236 e. The van der Waals surface area contributed by atoms with E-state index >= 15 is 0 Å². The summed E-state index contributed by atoms with van der Waals surface area (Å²) in [5.74, 6) is 1.67. The highest BCUT2D eigenvalue weighted by Gasteiger charge is 2.30. The van der Waals surface area contributed by atoms with Crippen molar-refractivity contribution in [3.8, 4) is 0 Å². The van der Waals surface area contributed by atoms with E-state index in [-0.39, 0.29) is 0 Å². The van der Waals surface area contributed by atoms with Gasteiger partial charge >= 0.3 is 0 Å². The van der Waals surface area contributed by atoms with Crippen molar-refractivity contribution in [2.75, 3.05) is 20.1 Å². The zero-order valence-electron chi connectivity index (χ0n) is 14.2. The number of benzene rings is 1. The molecule has 2 heteroatoms. The molecule has 1 atom stereocenters. The van der Waals surface area contributed by atoms with E-state index in [9.17, 15) is 0 Å². The van der Waals surface area contributed by atoms with Gasteiger partial charge in [0.1, 0.15) is 0 Å². The second-order valence-electron chi connectivity index (χ2n) is 7.11. The minimum Gasteiger partial charge on any atom is -0.316 e. The summed E-state index contributed by atoms with van der Waals surface area (Å²) in [5, 5.41) is 3.55. The number of hydrogen-bond donors (Lipinski definition) is 1. The predicted octanol–water partition coefficient (Wildman–Crippen LogP) is 3.71. The maximum Gasteiger partial charge on any atom is 0.0236 e. The molecule has 1 fully saturated rings. The van der Waals surface area contributed by atoms with Gasteiger partial charge in [-0.1, -0.05) is 38.1 Å². The summed E-state index contributed by atoms with van der Waals surface area (Å²) >= 11 is 0. The maximum atomic E-state index is 3.55. The van der Waals surface area contributed by atoms with Gasteiger partial charge in [0, 0.05) is 12.6 Å². The fraction of sp³-hybridized carbons (Fsp3) is 0.684. The fourth-order valence-electron chi connectivity index (χ4n) is 2.92. The van der Waals surface area contributed by atoms with Crippen LogP contribution in [0.25, 0.3) is 0 Å². The molecule has 1 N–H and O–H groups in total. The molecule has 0 saturated heterocycles. The summed E-state index contributed by atoms with van der Waals surface area (Å²) < 4.78 is 0. The highest BCUT2D eigenvalue weighted by atomic mass is 15.1. The number of rotatable bonds is 9. The van der Waals surface area contributed by atoms with Crippen LogP contribution in [0.1, 0.15) is 44.7 Å². The Kier molecular flexibility index (Phi) is 6.25. The van der Waals surface area contributed by atoms with Crippen molar-refractivity contribution in [3.05, 3.63) is 35.4 Å². The molecule has 1 aromatic carbocycles. The largest absolute Gasteiger partial charge is 0.316 e. The zero-order valence-corrected chi connectivity index (χ0v) is 14.2. The monoisotopic (exact) mass is 288 g/mol. The minimum absolute atomic E-state index is 0.720. The van der Waals surface area contributed by atoms with Gasteiger partial charge in [-0.3, -0.25) is 4.90 Å². The highest BCUT2D eigenvalue weighted by molar-refractivity contribution is 5.27. The van der Waals surface area contributed by atoms with Crippen LogP contribution in [0.15, 0.2) is 24.3 Å². The van der Waals surface area contributed by atoms with E-state index in [4.69, 9.17) is 0 Å². The second kappa shape index (κ2) is 7.95. The molecule has 1 aliphatic rings. The Hall–Kier alpha value is -0.860. The molecule has 2 nitrogen and oxygen atoms in total. The van der Waals surface area contributed by atoms with Crippen LogP contribution in [0.3, 0.4) is 0 Å². The van der Waals surface area contributed by atoms with Gasteiger partial charge in [0.05, 0.1) is 0 Å². The fourth-order valence-corrected chi connectivity index (χ4v) is 2.92. The molecule has 118 valence electrons. The molecule has 0 aromatic heterocycles. The van der Waals surface area contributed by atoms with Crippen LogP contribution < -0.4 is 5.32 Å². The number of nitrogens with zero attached hydrogens (tertiary/aromatic N) is 1. The van der Waals surface area contributed by atoms with Crippen molar-refractivity contribution >= 4 is 0 Å². The summed E-state index contributed by atoms with van der Waals surface area (Å²) in [6, 6.07) is 9.66. The molecule has 2 rings (SSSR count). The normalized spacial score (nSPS) is 16.7. The van der Waals surface area contributed by atoms with Gasteiger partial charge in [-0.05, 0) is 69.3 Å². The van der Waals surface area contributed by atoms with Crippen molar-refractivity contribution in [2.24, 2.45) is 11.8 Å². The van der Waals surface area contributed by atoms with E-state index < -0.39 is 0 Å². The van der Waals surface area contributed by atoms with Crippen LogP contribution in [0.5, 0.6) is 0 Å². The molecule has 0 aliphatic heterocycles. The van der Waals surface area contributed by atoms with Crippen LogP contribution in [-0.2, 0) is 13.0 Å². The quantitative estimate of drug-likeness (QED) is 0.697. The van der Waals surface area contributed by atoms with Crippen molar-refractivity contribution in [3.63, 3.8) is 0 Å². The third kappa shape index (κ3) is 5.44. The minimum atomic E-state index is 0.720. The van der Waals surface area contributed by atoms with E-state index in [1.807, 2.05) is 0 Å². The summed E-state index contributed by atoms with van der Waals surface area (Å²) in [5.41, 5.74) is 3.00. The van der Waals surface area contributed by atoms with Gasteiger partial charge in [-0.15, -0.1) is 0 Å². The van der Waals surface area contributed by atoms with Gasteiger partial charge in [0.2, 0.25) is 0 Å². The first-order valence-electron chi connectivity index (χ1n) is 8.55. The average Bonchev–Trinajstić information content (AvgIpc) is 3.28. The molecule has 0 spiro atoms. The molecule has 1 saturated carbocycles. The number of nitrogens with one attached hydrogen (secondary N) is 1. The van der Waals surface area contributed by atoms with Crippen molar-refractivity contribution in [1.29, 1.82) is 0 Å². The van der Waals surface area contributed by atoms with E-state index in [1.165, 1.54) is 24.0 Å². The van der Waals surface area contributed by atoms with E-state index in [0.717, 1.165) is 43.9 Å². The van der Waals surface area contributed by atoms with Crippen LogP contribution >= 0.6 is 0 Å². The summed E-state index contributed by atoms with van der Waals surface area (Å²) in [6.07, 6.45) is 3.98. The molecule has 21 heavy (non-hydrogen) atoms. The van der Waals surface area contributed by atoms with E-state index in [0.29, 0.717) is 0 Å². The third-order valence-corrected chi connectivity index (χ3v) is 4.66. The molecular weight excluding hydrogens is 256 g/mol. The molecule has 0 heterocycles. The maximum absolute atomic E-state index is 3.55. The van der Waals surface area contributed by atoms with Gasteiger partial charge in [0.15, 0.2) is 0 Å². The lowest BCUT2D eigenvalue weighted by molar-refractivity contribution is 0.226. The van der Waals surface area contributed by atoms with Crippen LogP contribution in [0, 0.1) is 11.8 Å². The first-order valence-corrected chi connectivity index (χ1v) is 8.55. The summed E-state index contributed by atoms with van der Waals surface area (Å²) in [4.78, 5) is 2.53. The Morgan fingerprint density at radius 1 is 1.14 bits per heavy atom. The van der Waals surface area contributed by atoms with Crippen LogP contribution in [0.4, 0.5) is 0 Å². The van der Waals surface area contributed by atoms with Crippen LogP contribution in [0.2, 0.25) is 0 Å². The Labute approximate surface area is 130 Å². The Morgan fingerprint density at radius 2 is 1.81 bits per heavy atom. The van der Waals surface area contributed by atoms with Crippen LogP contribution in [-0.4, -0.2) is 31.1 Å². The van der Waals surface area contributed by atoms with E-state index in [1.54, 1.807) is 0 Å². The average molecular weight is 288 g/mol. The molecule has 1 aliphatic carbocycles. The lowest BCUT2D eigenvalue weighted by Crippen LogP contribution is -2.30. The van der Waals surface area contributed by atoms with Crippen molar-refractivity contribution in [2.45, 2.75) is 52.6 Å². The van der Waals surface area contributed by atoms with Gasteiger partial charge in [-0.25, -0.2) is 0 Å². The Bertz CT molecular complexity index is 423. The number of hydrogen-bond acceptors (Lipinski definition) is 2. The van der Waals surface area contributed by atoms with Crippen molar-refractivity contribution < 1.29 is 0 Å². The molecule has 0 bridgehead atoms. The lowest BCUT2D eigenvalue weighted by atomic mass is 10.0. The van der Waals surface area contributed by atoms with Gasteiger partial charge in [-0.2, -0.15) is 0 Å². The molecule has 1 aromatic rings. The Balaban J connectivity index is 1.86. The topological polar surface area (TPSA) is 15.3 Å². The molecular formula is C19H32N2. The Morgan fingerprint density at radius 3 is 2.43 bits per heavy atom. The predicted molar refractivity (Wildman–Crippen MR) is 91.5 cm³/mol.